The third kappa shape index (κ3) is 1.60. The van der Waals surface area contributed by atoms with Crippen molar-refractivity contribution < 1.29 is 9.53 Å². The zero-order valence-electron chi connectivity index (χ0n) is 8.09. The number of hydrogen-bond donors (Lipinski definition) is 0. The van der Waals surface area contributed by atoms with Crippen molar-refractivity contribution >= 4 is 17.7 Å². The first kappa shape index (κ1) is 9.90. The first-order valence-corrected chi connectivity index (χ1v) is 5.47. The van der Waals surface area contributed by atoms with E-state index in [1.54, 1.807) is 11.8 Å². The van der Waals surface area contributed by atoms with Crippen LogP contribution in [0, 0.1) is 11.3 Å². The molecule has 0 N–H and O–H groups in total. The van der Waals surface area contributed by atoms with Gasteiger partial charge in [0.15, 0.2) is 0 Å². The highest BCUT2D eigenvalue weighted by atomic mass is 32.2. The highest BCUT2D eigenvalue weighted by Gasteiger charge is 2.46. The van der Waals surface area contributed by atoms with Crippen LogP contribution in [0.3, 0.4) is 0 Å². The molecular formula is C9H16O2S. The van der Waals surface area contributed by atoms with E-state index in [4.69, 9.17) is 4.74 Å². The third-order valence-electron chi connectivity index (χ3n) is 2.52. The van der Waals surface area contributed by atoms with Crippen molar-refractivity contribution in [1.82, 2.24) is 0 Å². The van der Waals surface area contributed by atoms with E-state index in [0.29, 0.717) is 11.9 Å². The average molecular weight is 188 g/mol. The van der Waals surface area contributed by atoms with Gasteiger partial charge in [-0.1, -0.05) is 20.8 Å². The Bertz CT molecular complexity index is 189. The van der Waals surface area contributed by atoms with Crippen molar-refractivity contribution in [1.29, 1.82) is 0 Å². The van der Waals surface area contributed by atoms with Crippen LogP contribution in [0.1, 0.15) is 20.8 Å². The van der Waals surface area contributed by atoms with Crippen LogP contribution in [0.4, 0.5) is 0 Å². The molecule has 1 aliphatic heterocycles. The maximum absolute atomic E-state index is 11.4. The Balaban J connectivity index is 2.78. The fourth-order valence-electron chi connectivity index (χ4n) is 1.72. The number of thioether (sulfide) groups is 1. The summed E-state index contributed by atoms with van der Waals surface area (Å²) in [6, 6.07) is 0. The third-order valence-corrected chi connectivity index (χ3v) is 3.54. The molecule has 0 bridgehead atoms. The minimum absolute atomic E-state index is 0.0134. The van der Waals surface area contributed by atoms with Gasteiger partial charge in [0.25, 0.3) is 0 Å². The molecule has 3 heteroatoms. The Hall–Kier alpha value is -0.180. The summed E-state index contributed by atoms with van der Waals surface area (Å²) in [6.45, 7) is 6.84. The van der Waals surface area contributed by atoms with E-state index in [1.165, 1.54) is 0 Å². The molecule has 1 saturated heterocycles. The zero-order chi connectivity index (χ0) is 9.35. The highest BCUT2D eigenvalue weighted by molar-refractivity contribution is 7.99. The molecule has 1 rings (SSSR count). The molecule has 0 amide bonds. The SMILES string of the molecule is CSC(C)C1C(=O)OCC1(C)C. The van der Waals surface area contributed by atoms with Gasteiger partial charge in [-0.25, -0.2) is 0 Å². The number of ether oxygens (including phenoxy) is 1. The topological polar surface area (TPSA) is 26.3 Å². The molecule has 1 aliphatic rings. The smallest absolute Gasteiger partial charge is 0.310 e. The summed E-state index contributed by atoms with van der Waals surface area (Å²) in [6.07, 6.45) is 2.03. The van der Waals surface area contributed by atoms with Gasteiger partial charge in [-0.2, -0.15) is 11.8 Å². The predicted octanol–water partition coefficient (Wildman–Crippen LogP) is 1.94. The van der Waals surface area contributed by atoms with Gasteiger partial charge < -0.3 is 4.74 Å². The fraction of sp³-hybridized carbons (Fsp3) is 0.889. The molecule has 0 radical (unpaired) electrons. The molecule has 2 nitrogen and oxygen atoms in total. The maximum Gasteiger partial charge on any atom is 0.310 e. The zero-order valence-corrected chi connectivity index (χ0v) is 8.90. The molecule has 2 atom stereocenters. The van der Waals surface area contributed by atoms with Crippen LogP contribution in [0.15, 0.2) is 0 Å². The molecule has 0 spiro atoms. The number of esters is 1. The summed E-state index contributed by atoms with van der Waals surface area (Å²) in [5.41, 5.74) is 0.0134. The first-order chi connectivity index (χ1) is 5.49. The number of carbonyl (C=O) groups excluding carboxylic acids is 1. The van der Waals surface area contributed by atoms with E-state index in [0.717, 1.165) is 0 Å². The summed E-state index contributed by atoms with van der Waals surface area (Å²) >= 11 is 1.73. The van der Waals surface area contributed by atoms with Gasteiger partial charge in [-0.05, 0) is 6.26 Å². The van der Waals surface area contributed by atoms with Crippen LogP contribution in [0.25, 0.3) is 0 Å². The minimum atomic E-state index is -0.0261. The Kier molecular flexibility index (Phi) is 2.71. The molecule has 1 fully saturated rings. The second-order valence-electron chi connectivity index (χ2n) is 4.01. The number of cyclic esters (lactones) is 1. The van der Waals surface area contributed by atoms with Crippen molar-refractivity contribution in [3.05, 3.63) is 0 Å². The van der Waals surface area contributed by atoms with E-state index in [-0.39, 0.29) is 17.3 Å². The highest BCUT2D eigenvalue weighted by Crippen LogP contribution is 2.39. The monoisotopic (exact) mass is 188 g/mol. The van der Waals surface area contributed by atoms with Gasteiger partial charge in [0.05, 0.1) is 12.5 Å². The van der Waals surface area contributed by atoms with E-state index in [9.17, 15) is 4.79 Å². The van der Waals surface area contributed by atoms with Crippen LogP contribution in [0.2, 0.25) is 0 Å². The summed E-state index contributed by atoms with van der Waals surface area (Å²) in [4.78, 5) is 11.4. The number of carbonyl (C=O) groups is 1. The molecule has 0 aliphatic carbocycles. The summed E-state index contributed by atoms with van der Waals surface area (Å²) in [5.74, 6) is 0.0364. The first-order valence-electron chi connectivity index (χ1n) is 4.18. The van der Waals surface area contributed by atoms with Crippen molar-refractivity contribution in [2.45, 2.75) is 26.0 Å². The van der Waals surface area contributed by atoms with E-state index < -0.39 is 0 Å². The molecule has 1 heterocycles. The van der Waals surface area contributed by atoms with Crippen molar-refractivity contribution in [3.8, 4) is 0 Å². The second-order valence-corrected chi connectivity index (χ2v) is 5.23. The van der Waals surface area contributed by atoms with Crippen LogP contribution >= 0.6 is 11.8 Å². The lowest BCUT2D eigenvalue weighted by molar-refractivity contribution is -0.141. The van der Waals surface area contributed by atoms with Crippen LogP contribution in [-0.2, 0) is 9.53 Å². The fourth-order valence-corrected chi connectivity index (χ4v) is 2.47. The van der Waals surface area contributed by atoms with Crippen LogP contribution in [0.5, 0.6) is 0 Å². The minimum Gasteiger partial charge on any atom is -0.465 e. The molecular weight excluding hydrogens is 172 g/mol. The Morgan fingerprint density at radius 2 is 2.25 bits per heavy atom. The van der Waals surface area contributed by atoms with E-state index >= 15 is 0 Å². The van der Waals surface area contributed by atoms with E-state index in [1.807, 2.05) is 6.26 Å². The molecule has 2 unspecified atom stereocenters. The van der Waals surface area contributed by atoms with Gasteiger partial charge in [0, 0.05) is 10.7 Å². The molecule has 0 aromatic heterocycles. The lowest BCUT2D eigenvalue weighted by Gasteiger charge is -2.25. The molecule has 0 saturated carbocycles. The Labute approximate surface area is 78.1 Å². The van der Waals surface area contributed by atoms with Gasteiger partial charge in [-0.15, -0.1) is 0 Å². The summed E-state index contributed by atoms with van der Waals surface area (Å²) < 4.78 is 5.05. The average Bonchev–Trinajstić information content (AvgIpc) is 2.25. The largest absolute Gasteiger partial charge is 0.465 e. The molecule has 70 valence electrons. The van der Waals surface area contributed by atoms with Crippen LogP contribution < -0.4 is 0 Å². The lowest BCUT2D eigenvalue weighted by atomic mass is 9.80. The second kappa shape index (κ2) is 3.29. The van der Waals surface area contributed by atoms with E-state index in [2.05, 4.69) is 20.8 Å². The quantitative estimate of drug-likeness (QED) is 0.619. The molecule has 0 aromatic carbocycles. The molecule has 12 heavy (non-hydrogen) atoms. The lowest BCUT2D eigenvalue weighted by Crippen LogP contribution is -2.31. The Morgan fingerprint density at radius 1 is 1.67 bits per heavy atom. The van der Waals surface area contributed by atoms with Crippen molar-refractivity contribution in [2.75, 3.05) is 12.9 Å². The van der Waals surface area contributed by atoms with Gasteiger partial charge in [-0.3, -0.25) is 4.79 Å². The van der Waals surface area contributed by atoms with Gasteiger partial charge in [0.2, 0.25) is 0 Å². The Morgan fingerprint density at radius 3 is 2.58 bits per heavy atom. The molecule has 0 aromatic rings. The van der Waals surface area contributed by atoms with Crippen molar-refractivity contribution in [2.24, 2.45) is 11.3 Å². The normalized spacial score (nSPS) is 30.0. The van der Waals surface area contributed by atoms with Crippen LogP contribution in [-0.4, -0.2) is 24.1 Å². The van der Waals surface area contributed by atoms with Gasteiger partial charge >= 0.3 is 5.97 Å². The standard InChI is InChI=1S/C9H16O2S/c1-6(12-4)7-8(10)11-5-9(7,2)3/h6-7H,5H2,1-4H3. The number of hydrogen-bond acceptors (Lipinski definition) is 3. The van der Waals surface area contributed by atoms with Gasteiger partial charge in [0.1, 0.15) is 0 Å². The predicted molar refractivity (Wildman–Crippen MR) is 51.2 cm³/mol. The van der Waals surface area contributed by atoms with Crippen molar-refractivity contribution in [3.63, 3.8) is 0 Å². The summed E-state index contributed by atoms with van der Waals surface area (Å²) in [7, 11) is 0. The number of rotatable bonds is 2. The maximum atomic E-state index is 11.4. The summed E-state index contributed by atoms with van der Waals surface area (Å²) in [5, 5.41) is 0.356.